The van der Waals surface area contributed by atoms with Gasteiger partial charge < -0.3 is 20.1 Å². The molecule has 24 heavy (non-hydrogen) atoms. The molecule has 0 saturated heterocycles. The summed E-state index contributed by atoms with van der Waals surface area (Å²) < 4.78 is 11.5. The third-order valence-electron chi connectivity index (χ3n) is 3.57. The van der Waals surface area contributed by atoms with Crippen LogP contribution < -0.4 is 20.1 Å². The van der Waals surface area contributed by atoms with Gasteiger partial charge >= 0.3 is 0 Å². The largest absolute Gasteiger partial charge is 0.482 e. The molecule has 2 atom stereocenters. The van der Waals surface area contributed by atoms with Gasteiger partial charge in [-0.2, -0.15) is 0 Å². The third-order valence-corrected chi connectivity index (χ3v) is 3.57. The molecule has 2 amide bonds. The first-order valence-electron chi connectivity index (χ1n) is 7.64. The molecule has 0 unspecified atom stereocenters. The molecule has 6 nitrogen and oxygen atoms in total. The molecule has 1 aliphatic rings. The number of rotatable bonds is 3. The van der Waals surface area contributed by atoms with Crippen LogP contribution >= 0.6 is 0 Å². The van der Waals surface area contributed by atoms with Crippen LogP contribution in [0.15, 0.2) is 48.5 Å². The molecule has 2 aromatic carbocycles. The van der Waals surface area contributed by atoms with Gasteiger partial charge in [0.1, 0.15) is 6.10 Å². The van der Waals surface area contributed by atoms with Crippen molar-refractivity contribution in [2.24, 2.45) is 0 Å². The average molecular weight is 326 g/mol. The lowest BCUT2D eigenvalue weighted by atomic mass is 10.1. The van der Waals surface area contributed by atoms with Gasteiger partial charge in [0.15, 0.2) is 11.5 Å². The van der Waals surface area contributed by atoms with Crippen LogP contribution in [0.1, 0.15) is 13.8 Å². The van der Waals surface area contributed by atoms with Crippen LogP contribution in [-0.4, -0.2) is 24.0 Å². The van der Waals surface area contributed by atoms with E-state index >= 15 is 0 Å². The Hall–Kier alpha value is -3.02. The summed E-state index contributed by atoms with van der Waals surface area (Å²) in [4.78, 5) is 23.5. The molecule has 3 rings (SSSR count). The Morgan fingerprint density at radius 1 is 0.875 bits per heavy atom. The van der Waals surface area contributed by atoms with Gasteiger partial charge in [-0.3, -0.25) is 9.59 Å². The van der Waals surface area contributed by atoms with E-state index in [9.17, 15) is 9.59 Å². The standard InChI is InChI=1S/C18H18N2O4/c1-11-17(24-16-6-4-3-5-15(16)23-11)18(22)20-14-9-7-13(8-10-14)19-12(2)21/h3-11,17H,1-2H3,(H,19,21)(H,20,22)/t11-,17+/m1/s1. The topological polar surface area (TPSA) is 76.7 Å². The van der Waals surface area contributed by atoms with Crippen molar-refractivity contribution in [3.05, 3.63) is 48.5 Å². The molecule has 6 heteroatoms. The van der Waals surface area contributed by atoms with Gasteiger partial charge in [0.05, 0.1) is 0 Å². The summed E-state index contributed by atoms with van der Waals surface area (Å²) in [5, 5.41) is 5.47. The van der Waals surface area contributed by atoms with Gasteiger partial charge in [-0.25, -0.2) is 0 Å². The van der Waals surface area contributed by atoms with E-state index in [1.165, 1.54) is 6.92 Å². The molecule has 0 saturated carbocycles. The van der Waals surface area contributed by atoms with Gasteiger partial charge in [0.2, 0.25) is 12.0 Å². The number of amides is 2. The molecule has 1 aliphatic heterocycles. The zero-order chi connectivity index (χ0) is 17.1. The van der Waals surface area contributed by atoms with E-state index in [-0.39, 0.29) is 11.8 Å². The van der Waals surface area contributed by atoms with E-state index in [0.29, 0.717) is 22.9 Å². The normalized spacial score (nSPS) is 18.6. The lowest BCUT2D eigenvalue weighted by molar-refractivity contribution is -0.128. The quantitative estimate of drug-likeness (QED) is 0.909. The summed E-state index contributed by atoms with van der Waals surface area (Å²) in [5.74, 6) is 0.752. The van der Waals surface area contributed by atoms with Gasteiger partial charge in [-0.05, 0) is 43.3 Å². The highest BCUT2D eigenvalue weighted by Crippen LogP contribution is 2.33. The Kier molecular flexibility index (Phi) is 4.37. The molecule has 0 aliphatic carbocycles. The predicted molar refractivity (Wildman–Crippen MR) is 90.3 cm³/mol. The van der Waals surface area contributed by atoms with Crippen LogP contribution in [0.3, 0.4) is 0 Å². The lowest BCUT2D eigenvalue weighted by Crippen LogP contribution is -2.46. The number of ether oxygens (including phenoxy) is 2. The number of para-hydroxylation sites is 2. The van der Waals surface area contributed by atoms with Crippen LogP contribution in [0.25, 0.3) is 0 Å². The molecule has 0 spiro atoms. The minimum atomic E-state index is -0.741. The molecule has 2 N–H and O–H groups in total. The van der Waals surface area contributed by atoms with E-state index < -0.39 is 12.2 Å². The predicted octanol–water partition coefficient (Wildman–Crippen LogP) is 2.81. The molecule has 2 aromatic rings. The molecular weight excluding hydrogens is 308 g/mol. The Labute approximate surface area is 139 Å². The second kappa shape index (κ2) is 6.62. The number of hydrogen-bond donors (Lipinski definition) is 2. The van der Waals surface area contributed by atoms with Crippen LogP contribution in [0, 0.1) is 0 Å². The Bertz CT molecular complexity index is 758. The maximum atomic E-state index is 12.5. The Morgan fingerprint density at radius 3 is 2.00 bits per heavy atom. The lowest BCUT2D eigenvalue weighted by Gasteiger charge is -2.31. The van der Waals surface area contributed by atoms with Gasteiger partial charge in [-0.1, -0.05) is 12.1 Å². The van der Waals surface area contributed by atoms with Crippen molar-refractivity contribution < 1.29 is 19.1 Å². The first kappa shape index (κ1) is 15.9. The van der Waals surface area contributed by atoms with E-state index in [2.05, 4.69) is 10.6 Å². The maximum Gasteiger partial charge on any atom is 0.269 e. The fourth-order valence-corrected chi connectivity index (χ4v) is 2.46. The van der Waals surface area contributed by atoms with E-state index in [0.717, 1.165) is 0 Å². The van der Waals surface area contributed by atoms with Gasteiger partial charge in [0, 0.05) is 18.3 Å². The SMILES string of the molecule is CC(=O)Nc1ccc(NC(=O)[C@H]2Oc3ccccc3O[C@@H]2C)cc1. The number of carbonyl (C=O) groups excluding carboxylic acids is 2. The summed E-state index contributed by atoms with van der Waals surface area (Å²) in [6.07, 6.45) is -1.14. The summed E-state index contributed by atoms with van der Waals surface area (Å²) in [7, 11) is 0. The zero-order valence-corrected chi connectivity index (χ0v) is 13.4. The smallest absolute Gasteiger partial charge is 0.269 e. The highest BCUT2D eigenvalue weighted by molar-refractivity contribution is 5.95. The number of nitrogens with one attached hydrogen (secondary N) is 2. The molecular formula is C18H18N2O4. The van der Waals surface area contributed by atoms with Gasteiger partial charge in [-0.15, -0.1) is 0 Å². The number of carbonyl (C=O) groups is 2. The highest BCUT2D eigenvalue weighted by atomic mass is 16.6. The van der Waals surface area contributed by atoms with Crippen molar-refractivity contribution in [1.29, 1.82) is 0 Å². The number of benzene rings is 2. The van der Waals surface area contributed by atoms with Crippen molar-refractivity contribution in [2.75, 3.05) is 10.6 Å². The Morgan fingerprint density at radius 2 is 1.42 bits per heavy atom. The van der Waals surface area contributed by atoms with Crippen LogP contribution in [0.2, 0.25) is 0 Å². The van der Waals surface area contributed by atoms with Crippen molar-refractivity contribution in [1.82, 2.24) is 0 Å². The molecule has 1 heterocycles. The first-order chi connectivity index (χ1) is 11.5. The van der Waals surface area contributed by atoms with Crippen LogP contribution in [0.5, 0.6) is 11.5 Å². The van der Waals surface area contributed by atoms with E-state index in [1.807, 2.05) is 12.1 Å². The summed E-state index contributed by atoms with van der Waals surface area (Å²) >= 11 is 0. The fourth-order valence-electron chi connectivity index (χ4n) is 2.46. The highest BCUT2D eigenvalue weighted by Gasteiger charge is 2.34. The first-order valence-corrected chi connectivity index (χ1v) is 7.64. The minimum absolute atomic E-state index is 0.146. The molecule has 0 radical (unpaired) electrons. The number of hydrogen-bond acceptors (Lipinski definition) is 4. The number of fused-ring (bicyclic) bond motifs is 1. The van der Waals surface area contributed by atoms with Gasteiger partial charge in [0.25, 0.3) is 5.91 Å². The van der Waals surface area contributed by atoms with Crippen LogP contribution in [-0.2, 0) is 9.59 Å². The Balaban J connectivity index is 1.68. The molecule has 0 fully saturated rings. The monoisotopic (exact) mass is 326 g/mol. The van der Waals surface area contributed by atoms with Crippen LogP contribution in [0.4, 0.5) is 11.4 Å². The minimum Gasteiger partial charge on any atom is -0.482 e. The van der Waals surface area contributed by atoms with Crippen molar-refractivity contribution >= 4 is 23.2 Å². The zero-order valence-electron chi connectivity index (χ0n) is 13.4. The molecule has 124 valence electrons. The summed E-state index contributed by atoms with van der Waals surface area (Å²) in [6, 6.07) is 14.1. The summed E-state index contributed by atoms with van der Waals surface area (Å²) in [6.45, 7) is 3.23. The van der Waals surface area contributed by atoms with Crippen molar-refractivity contribution in [3.63, 3.8) is 0 Å². The second-order valence-electron chi connectivity index (χ2n) is 5.56. The fraction of sp³-hybridized carbons (Fsp3) is 0.222. The molecule has 0 bridgehead atoms. The maximum absolute atomic E-state index is 12.5. The second-order valence-corrected chi connectivity index (χ2v) is 5.56. The average Bonchev–Trinajstić information content (AvgIpc) is 2.55. The van der Waals surface area contributed by atoms with E-state index in [4.69, 9.17) is 9.47 Å². The van der Waals surface area contributed by atoms with Crippen molar-refractivity contribution in [3.8, 4) is 11.5 Å². The third kappa shape index (κ3) is 3.48. The van der Waals surface area contributed by atoms with Crippen molar-refractivity contribution in [2.45, 2.75) is 26.1 Å². The van der Waals surface area contributed by atoms with E-state index in [1.54, 1.807) is 43.3 Å². The molecule has 0 aromatic heterocycles. The summed E-state index contributed by atoms with van der Waals surface area (Å²) in [5.41, 5.74) is 1.28. The number of anilines is 2.